The van der Waals surface area contributed by atoms with Crippen molar-refractivity contribution in [3.05, 3.63) is 23.8 Å². The highest BCUT2D eigenvalue weighted by Gasteiger charge is 2.33. The third kappa shape index (κ3) is 5.51. The Morgan fingerprint density at radius 3 is 2.34 bits per heavy atom. The van der Waals surface area contributed by atoms with E-state index in [0.717, 1.165) is 18.4 Å². The van der Waals surface area contributed by atoms with Crippen molar-refractivity contribution < 1.29 is 17.9 Å². The second-order valence-electron chi connectivity index (χ2n) is 8.24. The molecule has 29 heavy (non-hydrogen) atoms. The van der Waals surface area contributed by atoms with E-state index in [-0.39, 0.29) is 11.8 Å². The van der Waals surface area contributed by atoms with Gasteiger partial charge in [0.25, 0.3) is 0 Å². The van der Waals surface area contributed by atoms with Gasteiger partial charge in [-0.1, -0.05) is 25.7 Å². The van der Waals surface area contributed by atoms with Crippen LogP contribution in [0.4, 0.5) is 0 Å². The molecule has 1 aliphatic heterocycles. The summed E-state index contributed by atoms with van der Waals surface area (Å²) in [5.41, 5.74) is 0.811. The minimum absolute atomic E-state index is 0.0910. The maximum Gasteiger partial charge on any atom is 0.243 e. The number of amides is 1. The number of nitrogens with one attached hydrogen (secondary N) is 1. The SMILES string of the molecule is CCOc1ccc(S(=O)(=O)N2CCC(C(=O)NC3CCCCCC3)CC2)cc1C. The molecule has 3 rings (SSSR count). The summed E-state index contributed by atoms with van der Waals surface area (Å²) in [5.74, 6) is 0.720. The van der Waals surface area contributed by atoms with Crippen LogP contribution in [0, 0.1) is 12.8 Å². The van der Waals surface area contributed by atoms with Crippen molar-refractivity contribution in [2.45, 2.75) is 76.2 Å². The molecule has 0 radical (unpaired) electrons. The van der Waals surface area contributed by atoms with Gasteiger partial charge in [-0.2, -0.15) is 4.31 Å². The zero-order valence-electron chi connectivity index (χ0n) is 17.7. The van der Waals surface area contributed by atoms with Crippen molar-refractivity contribution in [3.63, 3.8) is 0 Å². The second-order valence-corrected chi connectivity index (χ2v) is 10.2. The number of rotatable bonds is 6. The van der Waals surface area contributed by atoms with Gasteiger partial charge >= 0.3 is 0 Å². The maximum absolute atomic E-state index is 13.0. The van der Waals surface area contributed by atoms with Gasteiger partial charge in [0, 0.05) is 25.0 Å². The highest BCUT2D eigenvalue weighted by molar-refractivity contribution is 7.89. The first-order valence-corrected chi connectivity index (χ1v) is 12.4. The van der Waals surface area contributed by atoms with Crippen molar-refractivity contribution >= 4 is 15.9 Å². The smallest absolute Gasteiger partial charge is 0.243 e. The molecule has 1 aromatic rings. The highest BCUT2D eigenvalue weighted by atomic mass is 32.2. The number of ether oxygens (including phenoxy) is 1. The molecule has 0 spiro atoms. The van der Waals surface area contributed by atoms with E-state index in [2.05, 4.69) is 5.32 Å². The van der Waals surface area contributed by atoms with Crippen LogP contribution in [0.3, 0.4) is 0 Å². The summed E-state index contributed by atoms with van der Waals surface area (Å²) in [4.78, 5) is 12.9. The Labute approximate surface area is 175 Å². The van der Waals surface area contributed by atoms with Crippen molar-refractivity contribution in [3.8, 4) is 5.75 Å². The zero-order valence-corrected chi connectivity index (χ0v) is 18.5. The van der Waals surface area contributed by atoms with Crippen LogP contribution in [-0.2, 0) is 14.8 Å². The number of sulfonamides is 1. The first-order valence-electron chi connectivity index (χ1n) is 11.0. The molecule has 1 N–H and O–H groups in total. The van der Waals surface area contributed by atoms with E-state index in [4.69, 9.17) is 4.74 Å². The van der Waals surface area contributed by atoms with Gasteiger partial charge in [-0.3, -0.25) is 4.79 Å². The predicted octanol–water partition coefficient (Wildman–Crippen LogP) is 3.63. The molecule has 0 unspecified atom stereocenters. The van der Waals surface area contributed by atoms with E-state index in [1.54, 1.807) is 18.2 Å². The number of carbonyl (C=O) groups is 1. The summed E-state index contributed by atoms with van der Waals surface area (Å²) < 4.78 is 33.1. The summed E-state index contributed by atoms with van der Waals surface area (Å²) in [5, 5.41) is 3.22. The van der Waals surface area contributed by atoms with E-state index in [0.29, 0.717) is 49.2 Å². The Morgan fingerprint density at radius 2 is 1.76 bits per heavy atom. The van der Waals surface area contributed by atoms with Gasteiger partial charge < -0.3 is 10.1 Å². The summed E-state index contributed by atoms with van der Waals surface area (Å²) in [7, 11) is -3.55. The number of hydrogen-bond donors (Lipinski definition) is 1. The average molecular weight is 423 g/mol. The molecular formula is C22H34N2O4S. The third-order valence-electron chi connectivity index (χ3n) is 6.11. The number of benzene rings is 1. The Balaban J connectivity index is 1.57. The van der Waals surface area contributed by atoms with E-state index in [1.807, 2.05) is 13.8 Å². The first-order chi connectivity index (χ1) is 13.9. The number of hydrogen-bond acceptors (Lipinski definition) is 4. The fourth-order valence-electron chi connectivity index (χ4n) is 4.35. The molecule has 1 saturated carbocycles. The van der Waals surface area contributed by atoms with Crippen LogP contribution >= 0.6 is 0 Å². The second kappa shape index (κ2) is 9.94. The molecular weight excluding hydrogens is 388 g/mol. The monoisotopic (exact) mass is 422 g/mol. The van der Waals surface area contributed by atoms with Gasteiger partial charge in [0.2, 0.25) is 15.9 Å². The first kappa shape index (κ1) is 22.1. The van der Waals surface area contributed by atoms with Crippen molar-refractivity contribution in [2.24, 2.45) is 5.92 Å². The minimum atomic E-state index is -3.55. The fraction of sp³-hybridized carbons (Fsp3) is 0.682. The van der Waals surface area contributed by atoms with Crippen LogP contribution in [0.15, 0.2) is 23.1 Å². The van der Waals surface area contributed by atoms with E-state index in [1.165, 1.54) is 30.0 Å². The normalized spacial score (nSPS) is 20.2. The summed E-state index contributed by atoms with van der Waals surface area (Å²) >= 11 is 0. The summed E-state index contributed by atoms with van der Waals surface area (Å²) in [6, 6.07) is 5.29. The Bertz CT molecular complexity index is 793. The predicted molar refractivity (Wildman–Crippen MR) is 113 cm³/mol. The van der Waals surface area contributed by atoms with E-state index >= 15 is 0 Å². The topological polar surface area (TPSA) is 75.7 Å². The summed E-state index contributed by atoms with van der Waals surface area (Å²) in [6.45, 7) is 5.08. The van der Waals surface area contributed by atoms with Crippen LogP contribution < -0.4 is 10.1 Å². The Kier molecular flexibility index (Phi) is 7.57. The van der Waals surface area contributed by atoms with Crippen LogP contribution in [0.2, 0.25) is 0 Å². The average Bonchev–Trinajstić information content (AvgIpc) is 2.98. The molecule has 7 heteroatoms. The molecule has 6 nitrogen and oxygen atoms in total. The van der Waals surface area contributed by atoms with E-state index < -0.39 is 10.0 Å². The van der Waals surface area contributed by atoms with Crippen molar-refractivity contribution in [1.29, 1.82) is 0 Å². The molecule has 1 aliphatic carbocycles. The molecule has 1 aromatic carbocycles. The van der Waals surface area contributed by atoms with Gasteiger partial charge in [-0.25, -0.2) is 8.42 Å². The standard InChI is InChI=1S/C22H34N2O4S/c1-3-28-21-11-10-20(16-17(21)2)29(26,27)24-14-12-18(13-15-24)22(25)23-19-8-6-4-5-7-9-19/h10-11,16,18-19H,3-9,12-15H2,1-2H3,(H,23,25). The number of nitrogens with zero attached hydrogens (tertiary/aromatic N) is 1. The third-order valence-corrected chi connectivity index (χ3v) is 8.00. The minimum Gasteiger partial charge on any atom is -0.494 e. The molecule has 1 saturated heterocycles. The van der Waals surface area contributed by atoms with Gasteiger partial charge in [-0.15, -0.1) is 0 Å². The van der Waals surface area contributed by atoms with Crippen LogP contribution in [0.1, 0.15) is 63.9 Å². The molecule has 1 amide bonds. The Morgan fingerprint density at radius 1 is 1.10 bits per heavy atom. The van der Waals surface area contributed by atoms with Gasteiger partial charge in [-0.05, 0) is 63.3 Å². The molecule has 2 aliphatic rings. The molecule has 0 bridgehead atoms. The lowest BCUT2D eigenvalue weighted by atomic mass is 9.96. The quantitative estimate of drug-likeness (QED) is 0.710. The van der Waals surface area contributed by atoms with Gasteiger partial charge in [0.05, 0.1) is 11.5 Å². The zero-order chi connectivity index (χ0) is 20.9. The van der Waals surface area contributed by atoms with Crippen LogP contribution in [-0.4, -0.2) is 44.4 Å². The molecule has 0 aromatic heterocycles. The largest absolute Gasteiger partial charge is 0.494 e. The van der Waals surface area contributed by atoms with Crippen molar-refractivity contribution in [1.82, 2.24) is 9.62 Å². The molecule has 1 heterocycles. The number of aryl methyl sites for hydroxylation is 1. The fourth-order valence-corrected chi connectivity index (χ4v) is 5.91. The van der Waals surface area contributed by atoms with Gasteiger partial charge in [0.15, 0.2) is 0 Å². The molecule has 162 valence electrons. The summed E-state index contributed by atoms with van der Waals surface area (Å²) in [6.07, 6.45) is 8.17. The maximum atomic E-state index is 13.0. The van der Waals surface area contributed by atoms with E-state index in [9.17, 15) is 13.2 Å². The lowest BCUT2D eigenvalue weighted by Gasteiger charge is -2.31. The van der Waals surface area contributed by atoms with Gasteiger partial charge in [0.1, 0.15) is 5.75 Å². The number of carbonyl (C=O) groups excluding carboxylic acids is 1. The number of piperidine rings is 1. The molecule has 0 atom stereocenters. The highest BCUT2D eigenvalue weighted by Crippen LogP contribution is 2.28. The molecule has 2 fully saturated rings. The van der Waals surface area contributed by atoms with Crippen molar-refractivity contribution in [2.75, 3.05) is 19.7 Å². The lowest BCUT2D eigenvalue weighted by molar-refractivity contribution is -0.126. The van der Waals surface area contributed by atoms with Crippen LogP contribution in [0.5, 0.6) is 5.75 Å². The van der Waals surface area contributed by atoms with Crippen LogP contribution in [0.25, 0.3) is 0 Å². The Hall–Kier alpha value is -1.60. The lowest BCUT2D eigenvalue weighted by Crippen LogP contribution is -2.45.